The lowest BCUT2D eigenvalue weighted by Crippen LogP contribution is -2.03. The number of carbonyl (C=O) groups is 1. The molecule has 0 spiro atoms. The van der Waals surface area contributed by atoms with Gasteiger partial charge >= 0.3 is 5.97 Å². The van der Waals surface area contributed by atoms with Crippen LogP contribution in [0.5, 0.6) is 0 Å². The average molecular weight is 291 g/mol. The van der Waals surface area contributed by atoms with Gasteiger partial charge in [0.25, 0.3) is 0 Å². The van der Waals surface area contributed by atoms with Crippen molar-refractivity contribution in [3.05, 3.63) is 23.8 Å². The molecule has 0 aromatic carbocycles. The molecule has 20 heavy (non-hydrogen) atoms. The summed E-state index contributed by atoms with van der Waals surface area (Å²) in [6.07, 6.45) is 3.66. The van der Waals surface area contributed by atoms with Crippen LogP contribution in [0.3, 0.4) is 0 Å². The van der Waals surface area contributed by atoms with E-state index in [1.807, 2.05) is 6.92 Å². The Morgan fingerprint density at radius 3 is 3.00 bits per heavy atom. The Kier molecular flexibility index (Phi) is 3.43. The summed E-state index contributed by atoms with van der Waals surface area (Å²) in [4.78, 5) is 20.1. The molecule has 1 aliphatic carbocycles. The van der Waals surface area contributed by atoms with Crippen LogP contribution in [0.4, 0.5) is 0 Å². The first-order valence-corrected chi connectivity index (χ1v) is 7.37. The SMILES string of the molecule is CCSc1cc(-c2noc(C3CC3)n2)cnc1C(=O)O. The highest BCUT2D eigenvalue weighted by molar-refractivity contribution is 7.99. The van der Waals surface area contributed by atoms with Crippen LogP contribution in [-0.4, -0.2) is 32.0 Å². The van der Waals surface area contributed by atoms with E-state index in [1.54, 1.807) is 6.07 Å². The number of aromatic nitrogens is 3. The molecule has 2 aromatic rings. The van der Waals surface area contributed by atoms with E-state index in [1.165, 1.54) is 18.0 Å². The molecule has 104 valence electrons. The molecule has 0 amide bonds. The Bertz CT molecular complexity index is 652. The van der Waals surface area contributed by atoms with E-state index in [0.717, 1.165) is 18.6 Å². The summed E-state index contributed by atoms with van der Waals surface area (Å²) in [5.74, 6) is 1.26. The smallest absolute Gasteiger partial charge is 0.355 e. The molecule has 0 unspecified atom stereocenters. The second-order valence-corrected chi connectivity index (χ2v) is 5.85. The predicted octanol–water partition coefficient (Wildman–Crippen LogP) is 2.82. The zero-order chi connectivity index (χ0) is 14.1. The van der Waals surface area contributed by atoms with Crippen molar-refractivity contribution in [3.63, 3.8) is 0 Å². The third kappa shape index (κ3) is 2.53. The van der Waals surface area contributed by atoms with Gasteiger partial charge in [0.1, 0.15) is 0 Å². The highest BCUT2D eigenvalue weighted by Crippen LogP contribution is 2.39. The minimum Gasteiger partial charge on any atom is -0.476 e. The molecule has 3 rings (SSSR count). The fraction of sp³-hybridized carbons (Fsp3) is 0.385. The summed E-state index contributed by atoms with van der Waals surface area (Å²) in [5, 5.41) is 13.1. The zero-order valence-corrected chi connectivity index (χ0v) is 11.7. The van der Waals surface area contributed by atoms with Crippen molar-refractivity contribution in [2.45, 2.75) is 30.6 Å². The molecule has 1 fully saturated rings. The third-order valence-electron chi connectivity index (χ3n) is 2.98. The number of carboxylic acid groups (broad SMARTS) is 1. The van der Waals surface area contributed by atoms with Crippen molar-refractivity contribution in [1.29, 1.82) is 0 Å². The van der Waals surface area contributed by atoms with Gasteiger partial charge in [-0.2, -0.15) is 4.98 Å². The number of aromatic carboxylic acids is 1. The van der Waals surface area contributed by atoms with Gasteiger partial charge in [0.2, 0.25) is 11.7 Å². The maximum atomic E-state index is 11.1. The van der Waals surface area contributed by atoms with E-state index in [4.69, 9.17) is 9.63 Å². The molecular weight excluding hydrogens is 278 g/mol. The van der Waals surface area contributed by atoms with Gasteiger partial charge in [-0.1, -0.05) is 12.1 Å². The number of nitrogens with zero attached hydrogens (tertiary/aromatic N) is 3. The monoisotopic (exact) mass is 291 g/mol. The Balaban J connectivity index is 1.95. The largest absolute Gasteiger partial charge is 0.476 e. The molecule has 1 aliphatic rings. The summed E-state index contributed by atoms with van der Waals surface area (Å²) in [7, 11) is 0. The van der Waals surface area contributed by atoms with Gasteiger partial charge in [-0.05, 0) is 24.7 Å². The van der Waals surface area contributed by atoms with Crippen molar-refractivity contribution >= 4 is 17.7 Å². The fourth-order valence-electron chi connectivity index (χ4n) is 1.84. The molecule has 7 heteroatoms. The standard InChI is InChI=1S/C13H13N3O3S/c1-2-20-9-5-8(6-14-10(9)13(17)18)11-15-12(19-16-11)7-3-4-7/h5-7H,2-4H2,1H3,(H,17,18). The van der Waals surface area contributed by atoms with Crippen LogP contribution in [0.1, 0.15) is 42.1 Å². The van der Waals surface area contributed by atoms with Gasteiger partial charge in [0, 0.05) is 22.6 Å². The Hall–Kier alpha value is -1.89. The van der Waals surface area contributed by atoms with E-state index in [9.17, 15) is 4.79 Å². The van der Waals surface area contributed by atoms with Crippen LogP contribution in [0.2, 0.25) is 0 Å². The molecule has 0 atom stereocenters. The van der Waals surface area contributed by atoms with Crippen molar-refractivity contribution in [2.75, 3.05) is 5.75 Å². The lowest BCUT2D eigenvalue weighted by atomic mass is 10.2. The molecule has 0 saturated heterocycles. The van der Waals surface area contributed by atoms with E-state index < -0.39 is 5.97 Å². The van der Waals surface area contributed by atoms with Crippen LogP contribution < -0.4 is 0 Å². The summed E-state index contributed by atoms with van der Waals surface area (Å²) >= 11 is 1.44. The maximum Gasteiger partial charge on any atom is 0.355 e. The number of thioether (sulfide) groups is 1. The predicted molar refractivity (Wildman–Crippen MR) is 72.9 cm³/mol. The molecule has 2 heterocycles. The fourth-order valence-corrected chi connectivity index (χ4v) is 2.64. The molecule has 6 nitrogen and oxygen atoms in total. The normalized spacial score (nSPS) is 14.4. The summed E-state index contributed by atoms with van der Waals surface area (Å²) in [6, 6.07) is 1.76. The third-order valence-corrected chi connectivity index (χ3v) is 3.89. The maximum absolute atomic E-state index is 11.1. The van der Waals surface area contributed by atoms with Crippen LogP contribution in [0, 0.1) is 0 Å². The van der Waals surface area contributed by atoms with Gasteiger partial charge in [0.15, 0.2) is 5.69 Å². The van der Waals surface area contributed by atoms with Crippen molar-refractivity contribution in [2.24, 2.45) is 0 Å². The first-order chi connectivity index (χ1) is 9.69. The van der Waals surface area contributed by atoms with Gasteiger partial charge in [-0.15, -0.1) is 11.8 Å². The number of rotatable bonds is 5. The van der Waals surface area contributed by atoms with E-state index in [0.29, 0.717) is 28.1 Å². The van der Waals surface area contributed by atoms with E-state index >= 15 is 0 Å². The summed E-state index contributed by atoms with van der Waals surface area (Å²) < 4.78 is 5.21. The average Bonchev–Trinajstić information content (AvgIpc) is 3.16. The molecule has 1 saturated carbocycles. The zero-order valence-electron chi connectivity index (χ0n) is 10.9. The van der Waals surface area contributed by atoms with Crippen molar-refractivity contribution in [1.82, 2.24) is 15.1 Å². The first-order valence-electron chi connectivity index (χ1n) is 6.39. The number of hydrogen-bond donors (Lipinski definition) is 1. The van der Waals surface area contributed by atoms with Gasteiger partial charge in [-0.3, -0.25) is 0 Å². The second-order valence-electron chi connectivity index (χ2n) is 4.54. The molecule has 2 aromatic heterocycles. The van der Waals surface area contributed by atoms with Crippen molar-refractivity contribution < 1.29 is 14.4 Å². The topological polar surface area (TPSA) is 89.1 Å². The van der Waals surface area contributed by atoms with E-state index in [-0.39, 0.29) is 5.69 Å². The Labute approximate surface area is 119 Å². The highest BCUT2D eigenvalue weighted by Gasteiger charge is 2.30. The second kappa shape index (κ2) is 5.24. The Morgan fingerprint density at radius 1 is 1.55 bits per heavy atom. The quantitative estimate of drug-likeness (QED) is 0.847. The number of hydrogen-bond acceptors (Lipinski definition) is 6. The van der Waals surface area contributed by atoms with Crippen molar-refractivity contribution in [3.8, 4) is 11.4 Å². The Morgan fingerprint density at radius 2 is 2.35 bits per heavy atom. The van der Waals surface area contributed by atoms with Gasteiger partial charge in [0.05, 0.1) is 0 Å². The lowest BCUT2D eigenvalue weighted by molar-refractivity contribution is 0.0686. The molecular formula is C13H13N3O3S. The minimum atomic E-state index is -1.03. The molecule has 0 radical (unpaired) electrons. The minimum absolute atomic E-state index is 0.0616. The molecule has 0 aliphatic heterocycles. The van der Waals surface area contributed by atoms with Gasteiger partial charge in [-0.25, -0.2) is 9.78 Å². The lowest BCUT2D eigenvalue weighted by Gasteiger charge is -2.04. The van der Waals surface area contributed by atoms with Gasteiger partial charge < -0.3 is 9.63 Å². The summed E-state index contributed by atoms with van der Waals surface area (Å²) in [5.41, 5.74) is 0.744. The first kappa shape index (κ1) is 13.1. The summed E-state index contributed by atoms with van der Waals surface area (Å²) in [6.45, 7) is 1.96. The van der Waals surface area contributed by atoms with Crippen LogP contribution in [0.25, 0.3) is 11.4 Å². The highest BCUT2D eigenvalue weighted by atomic mass is 32.2. The number of carboxylic acids is 1. The van der Waals surface area contributed by atoms with Crippen LogP contribution in [-0.2, 0) is 0 Å². The number of pyridine rings is 1. The van der Waals surface area contributed by atoms with E-state index in [2.05, 4.69) is 15.1 Å². The van der Waals surface area contributed by atoms with Crippen LogP contribution in [0.15, 0.2) is 21.7 Å². The van der Waals surface area contributed by atoms with Crippen LogP contribution >= 0.6 is 11.8 Å². The molecule has 0 bridgehead atoms. The molecule has 1 N–H and O–H groups in total.